The number of halogens is 2. The van der Waals surface area contributed by atoms with Crippen molar-refractivity contribution in [2.45, 2.75) is 32.1 Å². The van der Waals surface area contributed by atoms with Gasteiger partial charge in [0.05, 0.1) is 23.1 Å². The number of fused-ring (bicyclic) bond motifs is 2. The average molecular weight is 550 g/mol. The van der Waals surface area contributed by atoms with Crippen LogP contribution in [0.25, 0.3) is 55.8 Å². The molecule has 0 bridgehead atoms. The largest absolute Gasteiger partial charge is 0.337 e. The van der Waals surface area contributed by atoms with Crippen molar-refractivity contribution >= 4 is 33.5 Å². The maximum atomic E-state index is 15.3. The molecule has 0 saturated heterocycles. The first-order valence-electron chi connectivity index (χ1n) is 13.6. The fourth-order valence-electron chi connectivity index (χ4n) is 5.57. The molecule has 7 rings (SSSR count). The number of carbonyl (C=O) groups is 1. The number of nitrogens with zero attached hydrogens (tertiary/aromatic N) is 4. The van der Waals surface area contributed by atoms with Crippen molar-refractivity contribution in [2.24, 2.45) is 5.92 Å². The lowest BCUT2D eigenvalue weighted by Crippen LogP contribution is -2.24. The molecule has 0 aliphatic heterocycles. The molecule has 204 valence electrons. The zero-order valence-electron chi connectivity index (χ0n) is 21.9. The van der Waals surface area contributed by atoms with E-state index in [-0.39, 0.29) is 23.2 Å². The van der Waals surface area contributed by atoms with Gasteiger partial charge in [-0.1, -0.05) is 19.3 Å². The van der Waals surface area contributed by atoms with Crippen LogP contribution in [0.3, 0.4) is 0 Å². The van der Waals surface area contributed by atoms with Gasteiger partial charge in [0, 0.05) is 34.8 Å². The van der Waals surface area contributed by atoms with Gasteiger partial charge in [-0.25, -0.2) is 13.8 Å². The molecule has 2 aromatic carbocycles. The number of nitrogens with one attached hydrogen (secondary N) is 3. The first kappa shape index (κ1) is 25.0. The molecule has 4 aromatic heterocycles. The smallest absolute Gasteiger partial charge is 0.227 e. The van der Waals surface area contributed by atoms with Crippen LogP contribution in [0.4, 0.5) is 14.5 Å². The number of aromatic amines is 2. The molecule has 0 radical (unpaired) electrons. The zero-order chi connectivity index (χ0) is 27.9. The normalized spacial score (nSPS) is 14.1. The van der Waals surface area contributed by atoms with Gasteiger partial charge in [0.2, 0.25) is 5.91 Å². The van der Waals surface area contributed by atoms with Crippen LogP contribution < -0.4 is 5.32 Å². The van der Waals surface area contributed by atoms with E-state index in [1.807, 2.05) is 6.07 Å². The van der Waals surface area contributed by atoms with Crippen LogP contribution in [-0.4, -0.2) is 36.0 Å². The van der Waals surface area contributed by atoms with Crippen molar-refractivity contribution in [3.05, 3.63) is 78.8 Å². The van der Waals surface area contributed by atoms with Crippen LogP contribution in [0, 0.1) is 17.6 Å². The Morgan fingerprint density at radius 1 is 0.902 bits per heavy atom. The van der Waals surface area contributed by atoms with Gasteiger partial charge in [-0.2, -0.15) is 5.10 Å². The minimum Gasteiger partial charge on any atom is -0.337 e. The maximum Gasteiger partial charge on any atom is 0.227 e. The lowest BCUT2D eigenvalue weighted by atomic mass is 9.88. The number of rotatable bonds is 5. The highest BCUT2D eigenvalue weighted by molar-refractivity contribution is 5.98. The summed E-state index contributed by atoms with van der Waals surface area (Å²) in [6.45, 7) is 0. The summed E-state index contributed by atoms with van der Waals surface area (Å²) in [6.07, 6.45) is 9.99. The summed E-state index contributed by atoms with van der Waals surface area (Å²) in [5.41, 5.74) is 5.14. The molecule has 8 nitrogen and oxygen atoms in total. The van der Waals surface area contributed by atoms with Gasteiger partial charge in [-0.05, 0) is 66.9 Å². The molecule has 3 N–H and O–H groups in total. The average Bonchev–Trinajstić information content (AvgIpc) is 3.63. The SMILES string of the molecule is O=C(Nc1cncc(-c2cc(F)c3n[nH]c(-c4nc5c(-c6ccc(F)cc6)nccc5[nH]4)c3c2)c1)C1CCCCC1. The van der Waals surface area contributed by atoms with Gasteiger partial charge in [0.1, 0.15) is 22.5 Å². The van der Waals surface area contributed by atoms with Crippen LogP contribution in [0.2, 0.25) is 0 Å². The Bertz CT molecular complexity index is 1910. The lowest BCUT2D eigenvalue weighted by Gasteiger charge is -2.20. The molecule has 1 amide bonds. The van der Waals surface area contributed by atoms with Crippen LogP contribution in [-0.2, 0) is 4.79 Å². The Hall–Kier alpha value is -4.99. The third kappa shape index (κ3) is 4.71. The summed E-state index contributed by atoms with van der Waals surface area (Å²) in [4.78, 5) is 29.6. The fourth-order valence-corrected chi connectivity index (χ4v) is 5.57. The van der Waals surface area contributed by atoms with Gasteiger partial charge in [0.25, 0.3) is 0 Å². The van der Waals surface area contributed by atoms with E-state index in [1.165, 1.54) is 24.6 Å². The second-order valence-corrected chi connectivity index (χ2v) is 10.4. The first-order chi connectivity index (χ1) is 20.0. The predicted octanol–water partition coefficient (Wildman–Crippen LogP) is 7.03. The summed E-state index contributed by atoms with van der Waals surface area (Å²) in [6, 6.07) is 12.9. The van der Waals surface area contributed by atoms with E-state index in [0.717, 1.165) is 36.8 Å². The van der Waals surface area contributed by atoms with Crippen LogP contribution in [0.15, 0.2) is 67.1 Å². The summed E-state index contributed by atoms with van der Waals surface area (Å²) >= 11 is 0. The van der Waals surface area contributed by atoms with E-state index >= 15 is 4.39 Å². The second-order valence-electron chi connectivity index (χ2n) is 10.4. The monoisotopic (exact) mass is 549 g/mol. The van der Waals surface area contributed by atoms with Gasteiger partial charge in [-0.15, -0.1) is 0 Å². The molecule has 10 heteroatoms. The van der Waals surface area contributed by atoms with E-state index in [1.54, 1.807) is 42.9 Å². The highest BCUT2D eigenvalue weighted by Crippen LogP contribution is 2.34. The Balaban J connectivity index is 1.25. The molecular formula is C31H25F2N7O. The number of benzene rings is 2. The molecule has 4 heterocycles. The summed E-state index contributed by atoms with van der Waals surface area (Å²) in [5, 5.41) is 10.7. The van der Waals surface area contributed by atoms with Crippen LogP contribution >= 0.6 is 0 Å². The van der Waals surface area contributed by atoms with Crippen LogP contribution in [0.5, 0.6) is 0 Å². The van der Waals surface area contributed by atoms with E-state index in [9.17, 15) is 9.18 Å². The molecule has 0 spiro atoms. The molecule has 6 aromatic rings. The molecule has 0 unspecified atom stereocenters. The van der Waals surface area contributed by atoms with Gasteiger partial charge >= 0.3 is 0 Å². The number of hydrogen-bond donors (Lipinski definition) is 3. The molecular weight excluding hydrogens is 524 g/mol. The highest BCUT2D eigenvalue weighted by Gasteiger charge is 2.22. The van der Waals surface area contributed by atoms with E-state index < -0.39 is 5.82 Å². The van der Waals surface area contributed by atoms with Gasteiger partial charge in [0.15, 0.2) is 11.6 Å². The number of H-pyrrole nitrogens is 2. The Morgan fingerprint density at radius 2 is 1.73 bits per heavy atom. The Kier molecular flexibility index (Phi) is 6.22. The third-order valence-electron chi connectivity index (χ3n) is 7.68. The highest BCUT2D eigenvalue weighted by atomic mass is 19.1. The van der Waals surface area contributed by atoms with Gasteiger partial charge < -0.3 is 10.3 Å². The summed E-state index contributed by atoms with van der Waals surface area (Å²) in [7, 11) is 0. The number of amides is 1. The fraction of sp³-hybridized carbons (Fsp3) is 0.194. The number of carbonyl (C=O) groups excluding carboxylic acids is 1. The molecule has 1 fully saturated rings. The maximum absolute atomic E-state index is 15.3. The molecule has 1 aliphatic rings. The lowest BCUT2D eigenvalue weighted by molar-refractivity contribution is -0.120. The topological polar surface area (TPSA) is 112 Å². The number of imidazole rings is 1. The number of pyridine rings is 2. The molecule has 0 atom stereocenters. The van der Waals surface area contributed by atoms with Crippen molar-refractivity contribution < 1.29 is 13.6 Å². The standard InChI is InChI=1S/C31H25F2N7O/c32-21-8-6-17(7-9-21)26-29-25(10-11-35-26)37-30(38-29)28-23-13-19(14-24(33)27(23)39-40-28)20-12-22(16-34-15-20)36-31(41)18-4-2-1-3-5-18/h6-16,18H,1-5H2,(H,36,41)(H,37,38)(H,39,40). The van der Waals surface area contributed by atoms with Crippen LogP contribution in [0.1, 0.15) is 32.1 Å². The number of hydrogen-bond acceptors (Lipinski definition) is 5. The van der Waals surface area contributed by atoms with E-state index in [4.69, 9.17) is 4.98 Å². The zero-order valence-corrected chi connectivity index (χ0v) is 21.9. The van der Waals surface area contributed by atoms with E-state index in [0.29, 0.717) is 44.9 Å². The predicted molar refractivity (Wildman–Crippen MR) is 153 cm³/mol. The van der Waals surface area contributed by atoms with Crippen molar-refractivity contribution in [1.29, 1.82) is 0 Å². The number of aromatic nitrogens is 6. The molecule has 1 saturated carbocycles. The Labute approximate surface area is 233 Å². The summed E-state index contributed by atoms with van der Waals surface area (Å²) in [5.74, 6) is -0.361. The first-order valence-corrected chi connectivity index (χ1v) is 13.6. The third-order valence-corrected chi connectivity index (χ3v) is 7.68. The quantitative estimate of drug-likeness (QED) is 0.214. The Morgan fingerprint density at radius 3 is 2.56 bits per heavy atom. The minimum absolute atomic E-state index is 0.00165. The molecule has 41 heavy (non-hydrogen) atoms. The van der Waals surface area contributed by atoms with Crippen molar-refractivity contribution in [1.82, 2.24) is 30.1 Å². The van der Waals surface area contributed by atoms with E-state index in [2.05, 4.69) is 30.5 Å². The van der Waals surface area contributed by atoms with Crippen molar-refractivity contribution in [3.8, 4) is 33.9 Å². The number of anilines is 1. The van der Waals surface area contributed by atoms with Gasteiger partial charge in [-0.3, -0.25) is 19.9 Å². The minimum atomic E-state index is -0.499. The van der Waals surface area contributed by atoms with Crippen molar-refractivity contribution in [2.75, 3.05) is 5.32 Å². The second kappa shape index (κ2) is 10.2. The summed E-state index contributed by atoms with van der Waals surface area (Å²) < 4.78 is 28.8. The van der Waals surface area contributed by atoms with Crippen molar-refractivity contribution in [3.63, 3.8) is 0 Å². The molecule has 1 aliphatic carbocycles.